The molecule has 1 aromatic rings. The van der Waals surface area contributed by atoms with E-state index in [4.69, 9.17) is 9.31 Å². The van der Waals surface area contributed by atoms with Crippen LogP contribution in [0.15, 0.2) is 18.2 Å². The van der Waals surface area contributed by atoms with E-state index in [0.717, 1.165) is 15.9 Å². The van der Waals surface area contributed by atoms with Gasteiger partial charge in [0.25, 0.3) is 0 Å². The van der Waals surface area contributed by atoms with Gasteiger partial charge in [-0.1, -0.05) is 31.4 Å². The first-order valence-corrected chi connectivity index (χ1v) is 5.86. The Hall–Kier alpha value is -1.06. The van der Waals surface area contributed by atoms with E-state index in [-0.39, 0.29) is 18.3 Å². The molecule has 1 aliphatic heterocycles. The van der Waals surface area contributed by atoms with Gasteiger partial charge in [0.2, 0.25) is 0 Å². The maximum atomic E-state index is 5.97. The van der Waals surface area contributed by atoms with E-state index in [2.05, 4.69) is 13.2 Å². The predicted molar refractivity (Wildman–Crippen MR) is 72.5 cm³/mol. The van der Waals surface area contributed by atoms with Crippen molar-refractivity contribution >= 4 is 25.7 Å². The van der Waals surface area contributed by atoms with Gasteiger partial charge in [-0.3, -0.25) is 0 Å². The second kappa shape index (κ2) is 3.72. The molecule has 0 bridgehead atoms. The van der Waals surface area contributed by atoms with Crippen LogP contribution in [-0.2, 0) is 9.31 Å². The zero-order chi connectivity index (χ0) is 12.8. The van der Waals surface area contributed by atoms with Crippen LogP contribution in [0.5, 0.6) is 0 Å². The van der Waals surface area contributed by atoms with Gasteiger partial charge in [0, 0.05) is 0 Å². The molecule has 0 N–H and O–H groups in total. The number of hydrogen-bond acceptors (Lipinski definition) is 2. The van der Waals surface area contributed by atoms with Gasteiger partial charge in [0.1, 0.15) is 0 Å². The average molecular weight is 230 g/mol. The van der Waals surface area contributed by atoms with Gasteiger partial charge in [-0.25, -0.2) is 0 Å². The van der Waals surface area contributed by atoms with E-state index in [1.807, 2.05) is 45.9 Å². The lowest BCUT2D eigenvalue weighted by molar-refractivity contribution is 0.00578. The summed E-state index contributed by atoms with van der Waals surface area (Å²) in [5.74, 6) is 0. The smallest absolute Gasteiger partial charge is 0.399 e. The molecule has 2 nitrogen and oxygen atoms in total. The molecular weight excluding hydrogens is 211 g/mol. The van der Waals surface area contributed by atoms with Crippen molar-refractivity contribution in [3.63, 3.8) is 0 Å². The zero-order valence-electron chi connectivity index (χ0n) is 11.0. The third-order valence-electron chi connectivity index (χ3n) is 3.76. The normalized spacial score (nSPS) is 21.8. The lowest BCUT2D eigenvalue weighted by atomic mass is 9.79. The molecule has 0 saturated carbocycles. The fourth-order valence-electron chi connectivity index (χ4n) is 1.77. The highest BCUT2D eigenvalue weighted by Crippen LogP contribution is 2.36. The summed E-state index contributed by atoms with van der Waals surface area (Å²) in [4.78, 5) is 0. The third kappa shape index (κ3) is 2.05. The van der Waals surface area contributed by atoms with E-state index < -0.39 is 0 Å². The van der Waals surface area contributed by atoms with Crippen molar-refractivity contribution in [2.75, 3.05) is 0 Å². The van der Waals surface area contributed by atoms with Crippen LogP contribution >= 0.6 is 0 Å². The molecule has 0 aromatic heterocycles. The molecule has 90 valence electrons. The van der Waals surface area contributed by atoms with Crippen LogP contribution in [-0.4, -0.2) is 18.3 Å². The van der Waals surface area contributed by atoms with Crippen LogP contribution in [0.3, 0.4) is 0 Å². The van der Waals surface area contributed by atoms with Crippen molar-refractivity contribution in [1.82, 2.24) is 0 Å². The van der Waals surface area contributed by atoms with Crippen LogP contribution in [0, 0.1) is 0 Å². The van der Waals surface area contributed by atoms with E-state index in [9.17, 15) is 0 Å². The third-order valence-corrected chi connectivity index (χ3v) is 3.76. The molecule has 1 fully saturated rings. The van der Waals surface area contributed by atoms with E-state index in [1.54, 1.807) is 0 Å². The Morgan fingerprint density at radius 2 is 1.47 bits per heavy atom. The molecule has 1 aromatic carbocycles. The summed E-state index contributed by atoms with van der Waals surface area (Å²) in [5, 5.41) is 1.85. The fourth-order valence-corrected chi connectivity index (χ4v) is 1.77. The van der Waals surface area contributed by atoms with Crippen molar-refractivity contribution in [3.8, 4) is 0 Å². The molecule has 1 saturated heterocycles. The highest BCUT2D eigenvalue weighted by atomic mass is 16.7. The Balaban J connectivity index is 2.35. The summed E-state index contributed by atoms with van der Waals surface area (Å²) in [6.45, 7) is 16.0. The first-order valence-electron chi connectivity index (χ1n) is 5.86. The van der Waals surface area contributed by atoms with Crippen LogP contribution in [0.2, 0.25) is 0 Å². The molecule has 1 heterocycles. The number of benzene rings is 1. The molecule has 1 aliphatic rings. The first-order chi connectivity index (χ1) is 7.73. The highest BCUT2D eigenvalue weighted by molar-refractivity contribution is 6.62. The zero-order valence-corrected chi connectivity index (χ0v) is 11.0. The van der Waals surface area contributed by atoms with Crippen molar-refractivity contribution in [1.29, 1.82) is 0 Å². The van der Waals surface area contributed by atoms with Crippen molar-refractivity contribution in [2.24, 2.45) is 0 Å². The SMILES string of the molecule is C=c1ccc(B2OC(C)(C)C(C)(C)O2)cc1=C. The Morgan fingerprint density at radius 1 is 0.941 bits per heavy atom. The van der Waals surface area contributed by atoms with Gasteiger partial charge in [0.05, 0.1) is 11.2 Å². The lowest BCUT2D eigenvalue weighted by Gasteiger charge is -2.32. The number of hydrogen-bond donors (Lipinski definition) is 0. The molecule has 0 radical (unpaired) electrons. The molecule has 3 heteroatoms. The molecule has 17 heavy (non-hydrogen) atoms. The van der Waals surface area contributed by atoms with E-state index in [1.165, 1.54) is 0 Å². The Bertz CT molecular complexity index is 518. The maximum Gasteiger partial charge on any atom is 0.494 e. The summed E-state index contributed by atoms with van der Waals surface area (Å²) in [6, 6.07) is 5.91. The maximum absolute atomic E-state index is 5.97. The quantitative estimate of drug-likeness (QED) is 0.664. The average Bonchev–Trinajstić information content (AvgIpc) is 2.41. The fraction of sp³-hybridized carbons (Fsp3) is 0.429. The summed E-state index contributed by atoms with van der Waals surface area (Å²) >= 11 is 0. The lowest BCUT2D eigenvalue weighted by Crippen LogP contribution is -2.41. The van der Waals surface area contributed by atoms with Gasteiger partial charge >= 0.3 is 7.12 Å². The molecule has 0 aliphatic carbocycles. The minimum Gasteiger partial charge on any atom is -0.399 e. The topological polar surface area (TPSA) is 18.5 Å². The van der Waals surface area contributed by atoms with Crippen molar-refractivity contribution in [2.45, 2.75) is 38.9 Å². The molecule has 0 spiro atoms. The minimum atomic E-state index is -0.318. The van der Waals surface area contributed by atoms with Gasteiger partial charge < -0.3 is 9.31 Å². The Morgan fingerprint density at radius 3 is 1.94 bits per heavy atom. The summed E-state index contributed by atoms with van der Waals surface area (Å²) in [6.07, 6.45) is 0. The van der Waals surface area contributed by atoms with Crippen LogP contribution in [0.25, 0.3) is 13.2 Å². The molecule has 0 amide bonds. The van der Waals surface area contributed by atoms with Gasteiger partial charge in [-0.05, 0) is 43.6 Å². The second-order valence-corrected chi connectivity index (χ2v) is 5.62. The highest BCUT2D eigenvalue weighted by Gasteiger charge is 2.51. The van der Waals surface area contributed by atoms with Crippen molar-refractivity contribution in [3.05, 3.63) is 28.6 Å². The monoisotopic (exact) mass is 230 g/mol. The van der Waals surface area contributed by atoms with Crippen LogP contribution in [0.1, 0.15) is 27.7 Å². The summed E-state index contributed by atoms with van der Waals surface area (Å²) in [7, 11) is -0.318. The molecular formula is C14H19BO2. The Labute approximate surface area is 103 Å². The van der Waals surface area contributed by atoms with Gasteiger partial charge in [0.15, 0.2) is 0 Å². The predicted octanol–water partition coefficient (Wildman–Crippen LogP) is 0.806. The second-order valence-electron chi connectivity index (χ2n) is 5.62. The van der Waals surface area contributed by atoms with Gasteiger partial charge in [-0.15, -0.1) is 0 Å². The minimum absolute atomic E-state index is 0.303. The first kappa shape index (κ1) is 12.4. The molecule has 0 unspecified atom stereocenters. The van der Waals surface area contributed by atoms with E-state index >= 15 is 0 Å². The van der Waals surface area contributed by atoms with Crippen LogP contribution < -0.4 is 15.9 Å². The number of rotatable bonds is 1. The largest absolute Gasteiger partial charge is 0.494 e. The summed E-state index contributed by atoms with van der Waals surface area (Å²) in [5.41, 5.74) is 0.394. The van der Waals surface area contributed by atoms with Crippen LogP contribution in [0.4, 0.5) is 0 Å². The molecule has 0 atom stereocenters. The Kier molecular flexibility index (Phi) is 2.72. The van der Waals surface area contributed by atoms with Crippen molar-refractivity contribution < 1.29 is 9.31 Å². The standard InChI is InChI=1S/C14H19BO2/c1-10-7-8-12(9-11(10)2)15-16-13(3,4)14(5,6)17-15/h7-9H,1-2H2,3-6H3. The van der Waals surface area contributed by atoms with Gasteiger partial charge in [-0.2, -0.15) is 0 Å². The van der Waals surface area contributed by atoms with E-state index in [0.29, 0.717) is 0 Å². The molecule has 2 rings (SSSR count). The summed E-state index contributed by atoms with van der Waals surface area (Å²) < 4.78 is 11.9.